The van der Waals surface area contributed by atoms with E-state index in [1.54, 1.807) is 11.9 Å². The van der Waals surface area contributed by atoms with Crippen molar-refractivity contribution in [3.63, 3.8) is 0 Å². The lowest BCUT2D eigenvalue weighted by molar-refractivity contribution is -0.139. The minimum atomic E-state index is -4.34. The van der Waals surface area contributed by atoms with E-state index in [0.29, 0.717) is 0 Å². The lowest BCUT2D eigenvalue weighted by atomic mass is 10.2. The summed E-state index contributed by atoms with van der Waals surface area (Å²) in [6, 6.07) is 0.233. The first-order valence-corrected chi connectivity index (χ1v) is 5.13. The van der Waals surface area contributed by atoms with Crippen LogP contribution in [0.3, 0.4) is 0 Å². The van der Waals surface area contributed by atoms with Crippen LogP contribution in [-0.4, -0.2) is 56.3 Å². The van der Waals surface area contributed by atoms with Crippen molar-refractivity contribution in [2.75, 3.05) is 33.2 Å². The van der Waals surface area contributed by atoms with Gasteiger partial charge in [0.15, 0.2) is 0 Å². The average Bonchev–Trinajstić information content (AvgIpc) is 2.66. The molecule has 0 aromatic carbocycles. The zero-order valence-electron chi connectivity index (χ0n) is 9.10. The fourth-order valence-corrected chi connectivity index (χ4v) is 1.63. The van der Waals surface area contributed by atoms with Crippen LogP contribution in [0, 0.1) is 0 Å². The molecule has 0 radical (unpaired) electrons. The molecule has 0 aliphatic carbocycles. The number of likely N-dealkylation sites (N-methyl/N-ethyl adjacent to an activating group) is 1. The molecule has 1 amide bonds. The van der Waals surface area contributed by atoms with Gasteiger partial charge in [0.1, 0.15) is 6.54 Å². The Balaban J connectivity index is 2.22. The van der Waals surface area contributed by atoms with Crippen molar-refractivity contribution in [3.05, 3.63) is 0 Å². The van der Waals surface area contributed by atoms with E-state index >= 15 is 0 Å². The van der Waals surface area contributed by atoms with Gasteiger partial charge in [0.2, 0.25) is 5.91 Å². The van der Waals surface area contributed by atoms with E-state index in [9.17, 15) is 18.0 Å². The predicted octanol–water partition coefficient (Wildman–Crippen LogP) is -0.0414. The second-order valence-electron chi connectivity index (χ2n) is 3.95. The number of carbonyl (C=O) groups excluding carboxylic acids is 1. The van der Waals surface area contributed by atoms with Crippen LogP contribution in [0.1, 0.15) is 6.42 Å². The van der Waals surface area contributed by atoms with E-state index in [4.69, 9.17) is 0 Å². The summed E-state index contributed by atoms with van der Waals surface area (Å²) < 4.78 is 35.4. The third kappa shape index (κ3) is 4.80. The highest BCUT2D eigenvalue weighted by molar-refractivity contribution is 5.78. The predicted molar refractivity (Wildman–Crippen MR) is 53.0 cm³/mol. The second kappa shape index (κ2) is 5.49. The molecular formula is C9H16F3N3O. The van der Waals surface area contributed by atoms with Crippen molar-refractivity contribution < 1.29 is 18.0 Å². The van der Waals surface area contributed by atoms with Crippen molar-refractivity contribution in [3.8, 4) is 0 Å². The number of amides is 1. The Bertz CT molecular complexity index is 239. The van der Waals surface area contributed by atoms with Gasteiger partial charge in [-0.25, -0.2) is 0 Å². The SMILES string of the molecule is CN(CC(=O)NCC(F)(F)F)C1CCNC1. The van der Waals surface area contributed by atoms with Gasteiger partial charge in [0.05, 0.1) is 6.54 Å². The highest BCUT2D eigenvalue weighted by Gasteiger charge is 2.28. The summed E-state index contributed by atoms with van der Waals surface area (Å²) in [7, 11) is 1.74. The van der Waals surface area contributed by atoms with Gasteiger partial charge in [-0.05, 0) is 20.0 Å². The highest BCUT2D eigenvalue weighted by Crippen LogP contribution is 2.12. The van der Waals surface area contributed by atoms with Gasteiger partial charge in [-0.2, -0.15) is 13.2 Å². The number of alkyl halides is 3. The topological polar surface area (TPSA) is 44.4 Å². The van der Waals surface area contributed by atoms with Gasteiger partial charge in [0, 0.05) is 12.6 Å². The monoisotopic (exact) mass is 239 g/mol. The van der Waals surface area contributed by atoms with Crippen molar-refractivity contribution in [1.82, 2.24) is 15.5 Å². The van der Waals surface area contributed by atoms with Gasteiger partial charge < -0.3 is 10.6 Å². The summed E-state index contributed by atoms with van der Waals surface area (Å²) in [5.74, 6) is -0.591. The third-order valence-electron chi connectivity index (χ3n) is 2.54. The van der Waals surface area contributed by atoms with E-state index in [1.807, 2.05) is 5.32 Å². The van der Waals surface area contributed by atoms with E-state index in [-0.39, 0.29) is 12.6 Å². The molecule has 1 aliphatic rings. The van der Waals surface area contributed by atoms with E-state index in [2.05, 4.69) is 5.32 Å². The van der Waals surface area contributed by atoms with Crippen molar-refractivity contribution in [2.45, 2.75) is 18.6 Å². The van der Waals surface area contributed by atoms with E-state index < -0.39 is 18.6 Å². The van der Waals surface area contributed by atoms with Crippen molar-refractivity contribution in [2.24, 2.45) is 0 Å². The van der Waals surface area contributed by atoms with Crippen LogP contribution in [0.4, 0.5) is 13.2 Å². The molecule has 1 fully saturated rings. The fourth-order valence-electron chi connectivity index (χ4n) is 1.63. The van der Waals surface area contributed by atoms with Crippen molar-refractivity contribution in [1.29, 1.82) is 0 Å². The zero-order chi connectivity index (χ0) is 12.2. The lowest BCUT2D eigenvalue weighted by Gasteiger charge is -2.22. The molecule has 16 heavy (non-hydrogen) atoms. The Morgan fingerprint density at radius 2 is 2.25 bits per heavy atom. The Morgan fingerprint density at radius 3 is 2.75 bits per heavy atom. The molecule has 0 spiro atoms. The van der Waals surface area contributed by atoms with Crippen LogP contribution in [-0.2, 0) is 4.79 Å². The van der Waals surface area contributed by atoms with Crippen LogP contribution >= 0.6 is 0 Å². The highest BCUT2D eigenvalue weighted by atomic mass is 19.4. The largest absolute Gasteiger partial charge is 0.405 e. The van der Waals surface area contributed by atoms with Crippen molar-refractivity contribution >= 4 is 5.91 Å². The summed E-state index contributed by atoms with van der Waals surface area (Å²) in [6.45, 7) is 0.410. The maximum absolute atomic E-state index is 11.8. The van der Waals surface area contributed by atoms with Crippen LogP contribution in [0.15, 0.2) is 0 Å². The molecule has 0 bridgehead atoms. The number of carbonyl (C=O) groups is 1. The fraction of sp³-hybridized carbons (Fsp3) is 0.889. The Labute approximate surface area is 92.2 Å². The lowest BCUT2D eigenvalue weighted by Crippen LogP contribution is -2.43. The smallest absolute Gasteiger partial charge is 0.346 e. The molecule has 0 aromatic rings. The maximum Gasteiger partial charge on any atom is 0.405 e. The molecule has 2 N–H and O–H groups in total. The molecule has 0 saturated carbocycles. The van der Waals surface area contributed by atoms with Crippen LogP contribution < -0.4 is 10.6 Å². The zero-order valence-corrected chi connectivity index (χ0v) is 9.10. The number of hydrogen-bond acceptors (Lipinski definition) is 3. The van der Waals surface area contributed by atoms with Gasteiger partial charge in [-0.3, -0.25) is 9.69 Å². The number of halogens is 3. The third-order valence-corrected chi connectivity index (χ3v) is 2.54. The molecule has 1 heterocycles. The van der Waals surface area contributed by atoms with Crippen LogP contribution in [0.2, 0.25) is 0 Å². The van der Waals surface area contributed by atoms with E-state index in [1.165, 1.54) is 0 Å². The molecule has 1 aliphatic heterocycles. The van der Waals surface area contributed by atoms with Gasteiger partial charge >= 0.3 is 6.18 Å². The minimum absolute atomic E-state index is 0.00241. The average molecular weight is 239 g/mol. The standard InChI is InChI=1S/C9H16F3N3O/c1-15(7-2-3-13-4-7)5-8(16)14-6-9(10,11)12/h7,13H,2-6H2,1H3,(H,14,16). The number of hydrogen-bond donors (Lipinski definition) is 2. The summed E-state index contributed by atoms with van der Waals surface area (Å²) in [6.07, 6.45) is -3.42. The molecular weight excluding hydrogens is 223 g/mol. The maximum atomic E-state index is 11.8. The van der Waals surface area contributed by atoms with E-state index in [0.717, 1.165) is 19.5 Å². The molecule has 1 saturated heterocycles. The molecule has 1 atom stereocenters. The summed E-state index contributed by atoms with van der Waals surface area (Å²) in [4.78, 5) is 13.0. The first-order valence-electron chi connectivity index (χ1n) is 5.13. The summed E-state index contributed by atoms with van der Waals surface area (Å²) in [5, 5.41) is 4.98. The Kier molecular flexibility index (Phi) is 4.55. The first kappa shape index (κ1) is 13.2. The molecule has 0 aromatic heterocycles. The molecule has 7 heteroatoms. The molecule has 1 rings (SSSR count). The van der Waals surface area contributed by atoms with Crippen LogP contribution in [0.25, 0.3) is 0 Å². The minimum Gasteiger partial charge on any atom is -0.346 e. The Hall–Kier alpha value is -0.820. The first-order chi connectivity index (χ1) is 7.38. The van der Waals surface area contributed by atoms with Gasteiger partial charge in [-0.1, -0.05) is 0 Å². The van der Waals surface area contributed by atoms with Gasteiger partial charge in [0.25, 0.3) is 0 Å². The molecule has 94 valence electrons. The quantitative estimate of drug-likeness (QED) is 0.723. The number of nitrogens with one attached hydrogen (secondary N) is 2. The summed E-state index contributed by atoms with van der Waals surface area (Å²) in [5.41, 5.74) is 0. The van der Waals surface area contributed by atoms with Crippen LogP contribution in [0.5, 0.6) is 0 Å². The van der Waals surface area contributed by atoms with Gasteiger partial charge in [-0.15, -0.1) is 0 Å². The Morgan fingerprint density at radius 1 is 1.56 bits per heavy atom. The number of nitrogens with zero attached hydrogens (tertiary/aromatic N) is 1. The molecule has 1 unspecified atom stereocenters. The normalized spacial score (nSPS) is 21.4. The number of rotatable bonds is 4. The second-order valence-corrected chi connectivity index (χ2v) is 3.95. The summed E-state index contributed by atoms with van der Waals surface area (Å²) >= 11 is 0. The molecule has 4 nitrogen and oxygen atoms in total.